The summed E-state index contributed by atoms with van der Waals surface area (Å²) in [6, 6.07) is 17.3. The van der Waals surface area contributed by atoms with Crippen LogP contribution >= 0.6 is 0 Å². The molecule has 0 aliphatic heterocycles. The van der Waals surface area contributed by atoms with Crippen LogP contribution in [-0.2, 0) is 5.41 Å². The van der Waals surface area contributed by atoms with Gasteiger partial charge in [-0.3, -0.25) is 0 Å². The maximum absolute atomic E-state index is 7.70. The van der Waals surface area contributed by atoms with E-state index in [0.29, 0.717) is 0 Å². The fourth-order valence-corrected chi connectivity index (χ4v) is 4.76. The first-order valence-corrected chi connectivity index (χ1v) is 10.6. The predicted octanol–water partition coefficient (Wildman–Crippen LogP) is 8.04. The molecule has 0 fully saturated rings. The first-order valence-electron chi connectivity index (χ1n) is 10.6. The number of hydrogen-bond acceptors (Lipinski definition) is 1. The van der Waals surface area contributed by atoms with E-state index in [0.717, 1.165) is 11.1 Å². The molecule has 0 atom stereocenters. The van der Waals surface area contributed by atoms with Gasteiger partial charge in [0, 0.05) is 6.21 Å². The molecule has 0 heterocycles. The summed E-state index contributed by atoms with van der Waals surface area (Å²) in [5.74, 6) is 0. The van der Waals surface area contributed by atoms with Crippen molar-refractivity contribution in [3.8, 4) is 11.1 Å². The summed E-state index contributed by atoms with van der Waals surface area (Å²) in [6.07, 6.45) is 8.02. The van der Waals surface area contributed by atoms with Crippen LogP contribution in [0.15, 0.2) is 95.6 Å². The largest absolute Gasteiger partial charge is 0.308 e. The van der Waals surface area contributed by atoms with Gasteiger partial charge in [0.2, 0.25) is 0 Å². The smallest absolute Gasteiger partial charge is 0.0668 e. The van der Waals surface area contributed by atoms with Crippen LogP contribution in [-0.4, -0.2) is 6.21 Å². The molecule has 0 amide bonds. The van der Waals surface area contributed by atoms with E-state index in [1.54, 1.807) is 0 Å². The number of nitrogens with one attached hydrogen (secondary N) is 1. The second-order valence-corrected chi connectivity index (χ2v) is 9.22. The lowest BCUT2D eigenvalue weighted by Gasteiger charge is -2.36. The minimum atomic E-state index is -0.447. The Labute approximate surface area is 182 Å². The molecular formula is C29H33N. The average Bonchev–Trinajstić information content (AvgIpc) is 3.02. The number of allylic oxidation sites excluding steroid dienone is 7. The second kappa shape index (κ2) is 8.07. The number of rotatable bonds is 5. The third-order valence-corrected chi connectivity index (χ3v) is 6.20. The van der Waals surface area contributed by atoms with E-state index in [1.807, 2.05) is 6.92 Å². The van der Waals surface area contributed by atoms with E-state index >= 15 is 0 Å². The molecule has 0 bridgehead atoms. The Morgan fingerprint density at radius 2 is 1.40 bits per heavy atom. The van der Waals surface area contributed by atoms with Crippen molar-refractivity contribution in [1.29, 1.82) is 5.41 Å². The minimum absolute atomic E-state index is 0.0525. The Morgan fingerprint density at radius 3 is 1.83 bits per heavy atom. The topological polar surface area (TPSA) is 23.9 Å². The Balaban J connectivity index is 2.42. The molecule has 2 aromatic carbocycles. The third kappa shape index (κ3) is 3.43. The minimum Gasteiger partial charge on any atom is -0.308 e. The maximum atomic E-state index is 7.70. The molecule has 0 unspecified atom stereocenters. The van der Waals surface area contributed by atoms with Gasteiger partial charge in [0.15, 0.2) is 0 Å². The molecule has 0 radical (unpaired) electrons. The molecule has 1 heteroatoms. The van der Waals surface area contributed by atoms with Gasteiger partial charge < -0.3 is 5.41 Å². The van der Waals surface area contributed by atoms with Crippen LogP contribution in [0.3, 0.4) is 0 Å². The summed E-state index contributed by atoms with van der Waals surface area (Å²) in [6.45, 7) is 17.6. The summed E-state index contributed by atoms with van der Waals surface area (Å²) in [5.41, 5.74) is 9.13. The Bertz CT molecular complexity index is 1040. The molecule has 0 saturated carbocycles. The standard InChI is InChI=1S/C29H33N/c1-8-23(28(5,6)7)18-22(4)29(21(3)17-20(2)19-30)26-15-11-9-13-24(26)25-14-10-12-16-27(25)29/h8-19,30H,3H2,1-2,4-7H3/b20-17+,22-18+,23-8+,30-19?. The van der Waals surface area contributed by atoms with Gasteiger partial charge in [0.25, 0.3) is 0 Å². The van der Waals surface area contributed by atoms with Crippen molar-refractivity contribution >= 4 is 6.21 Å². The van der Waals surface area contributed by atoms with Gasteiger partial charge in [-0.15, -0.1) is 0 Å². The normalized spacial score (nSPS) is 16.1. The molecule has 1 aliphatic rings. The van der Waals surface area contributed by atoms with Crippen LogP contribution in [0.1, 0.15) is 52.7 Å². The molecular weight excluding hydrogens is 362 g/mol. The average molecular weight is 396 g/mol. The fraction of sp³-hybridized carbons (Fsp3) is 0.276. The van der Waals surface area contributed by atoms with Crippen molar-refractivity contribution in [2.24, 2.45) is 5.41 Å². The van der Waals surface area contributed by atoms with Crippen LogP contribution in [0.2, 0.25) is 0 Å². The van der Waals surface area contributed by atoms with Gasteiger partial charge in [-0.05, 0) is 65.2 Å². The maximum Gasteiger partial charge on any atom is 0.0668 e. The highest BCUT2D eigenvalue weighted by Crippen LogP contribution is 2.56. The number of fused-ring (bicyclic) bond motifs is 3. The SMILES string of the molecule is C=C(/C=C(\C)C=N)C1(/C(C)=C/C(=C\C)C(C)(C)C)c2ccccc2-c2ccccc21. The third-order valence-electron chi connectivity index (χ3n) is 6.20. The molecule has 0 spiro atoms. The van der Waals surface area contributed by atoms with Crippen LogP contribution in [0.4, 0.5) is 0 Å². The van der Waals surface area contributed by atoms with Gasteiger partial charge in [-0.25, -0.2) is 0 Å². The summed E-state index contributed by atoms with van der Waals surface area (Å²) in [5, 5.41) is 7.70. The lowest BCUT2D eigenvalue weighted by atomic mass is 9.66. The van der Waals surface area contributed by atoms with Gasteiger partial charge in [0.05, 0.1) is 5.41 Å². The summed E-state index contributed by atoms with van der Waals surface area (Å²) < 4.78 is 0. The zero-order valence-corrected chi connectivity index (χ0v) is 19.1. The van der Waals surface area contributed by atoms with Crippen LogP contribution in [0.5, 0.6) is 0 Å². The van der Waals surface area contributed by atoms with Crippen molar-refractivity contribution in [1.82, 2.24) is 0 Å². The monoisotopic (exact) mass is 395 g/mol. The highest BCUT2D eigenvalue weighted by atomic mass is 14.5. The Kier molecular flexibility index (Phi) is 5.85. The van der Waals surface area contributed by atoms with E-state index in [1.165, 1.54) is 39.6 Å². The quantitative estimate of drug-likeness (QED) is 0.391. The summed E-state index contributed by atoms with van der Waals surface area (Å²) in [4.78, 5) is 0. The van der Waals surface area contributed by atoms with Gasteiger partial charge in [-0.1, -0.05) is 99.7 Å². The van der Waals surface area contributed by atoms with E-state index in [4.69, 9.17) is 5.41 Å². The molecule has 1 N–H and O–H groups in total. The molecule has 154 valence electrons. The van der Waals surface area contributed by atoms with Crippen LogP contribution in [0.25, 0.3) is 11.1 Å². The highest BCUT2D eigenvalue weighted by Gasteiger charge is 2.46. The Hall–Kier alpha value is -2.93. The van der Waals surface area contributed by atoms with Gasteiger partial charge in [-0.2, -0.15) is 0 Å². The van der Waals surface area contributed by atoms with E-state index in [-0.39, 0.29) is 5.41 Å². The van der Waals surface area contributed by atoms with Gasteiger partial charge in [0.1, 0.15) is 0 Å². The zero-order chi connectivity index (χ0) is 22.1. The van der Waals surface area contributed by atoms with E-state index in [9.17, 15) is 0 Å². The first-order chi connectivity index (χ1) is 14.2. The molecule has 0 saturated heterocycles. The van der Waals surface area contributed by atoms with E-state index < -0.39 is 5.41 Å². The van der Waals surface area contributed by atoms with E-state index in [2.05, 4.69) is 108 Å². The van der Waals surface area contributed by atoms with Crippen LogP contribution in [0, 0.1) is 10.8 Å². The molecule has 3 rings (SSSR count). The number of benzene rings is 2. The highest BCUT2D eigenvalue weighted by molar-refractivity contribution is 5.87. The van der Waals surface area contributed by atoms with Crippen molar-refractivity contribution in [3.05, 3.63) is 107 Å². The number of hydrogen-bond donors (Lipinski definition) is 1. The van der Waals surface area contributed by atoms with Gasteiger partial charge >= 0.3 is 0 Å². The van der Waals surface area contributed by atoms with Crippen molar-refractivity contribution in [2.75, 3.05) is 0 Å². The van der Waals surface area contributed by atoms with Crippen molar-refractivity contribution in [3.63, 3.8) is 0 Å². The molecule has 2 aromatic rings. The predicted molar refractivity (Wildman–Crippen MR) is 131 cm³/mol. The Morgan fingerprint density at radius 1 is 0.900 bits per heavy atom. The van der Waals surface area contributed by atoms with Crippen molar-refractivity contribution < 1.29 is 0 Å². The first kappa shape index (κ1) is 21.8. The molecule has 30 heavy (non-hydrogen) atoms. The van der Waals surface area contributed by atoms with Crippen LogP contribution < -0.4 is 0 Å². The lowest BCUT2D eigenvalue weighted by Crippen LogP contribution is -2.29. The summed E-state index contributed by atoms with van der Waals surface area (Å²) >= 11 is 0. The lowest BCUT2D eigenvalue weighted by molar-refractivity contribution is 0.514. The molecule has 1 aliphatic carbocycles. The van der Waals surface area contributed by atoms with Crippen molar-refractivity contribution in [2.45, 2.75) is 47.0 Å². The molecule has 1 nitrogen and oxygen atoms in total. The zero-order valence-electron chi connectivity index (χ0n) is 19.1. The second-order valence-electron chi connectivity index (χ2n) is 9.22. The fourth-order valence-electron chi connectivity index (χ4n) is 4.76. The molecule has 0 aromatic heterocycles. The summed E-state index contributed by atoms with van der Waals surface area (Å²) in [7, 11) is 0.